The number of aromatic nitrogens is 2. The van der Waals surface area contributed by atoms with Crippen LogP contribution in [0.2, 0.25) is 0 Å². The van der Waals surface area contributed by atoms with E-state index >= 15 is 0 Å². The first-order valence-electron chi connectivity index (χ1n) is 9.12. The van der Waals surface area contributed by atoms with Gasteiger partial charge in [-0.1, -0.05) is 25.0 Å². The number of nitrogens with two attached hydrogens (primary N) is 1. The van der Waals surface area contributed by atoms with Gasteiger partial charge in [-0.15, -0.1) is 0 Å². The lowest BCUT2D eigenvalue weighted by Gasteiger charge is -2.25. The number of nitrogens with one attached hydrogen (secondary N) is 1. The van der Waals surface area contributed by atoms with Crippen LogP contribution in [0.4, 0.5) is 0 Å². The van der Waals surface area contributed by atoms with Gasteiger partial charge in [0.15, 0.2) is 0 Å². The van der Waals surface area contributed by atoms with E-state index in [0.29, 0.717) is 18.0 Å². The molecule has 27 heavy (non-hydrogen) atoms. The fourth-order valence-corrected chi connectivity index (χ4v) is 3.29. The van der Waals surface area contributed by atoms with Gasteiger partial charge in [0, 0.05) is 12.3 Å². The SMILES string of the molecule is CCOc1ccccc1-n1c(O)c(C=NC2CCCCC2N)c(=O)[nH]c1=O. The van der Waals surface area contributed by atoms with E-state index in [1.54, 1.807) is 24.3 Å². The summed E-state index contributed by atoms with van der Waals surface area (Å²) in [7, 11) is 0. The molecule has 0 bridgehead atoms. The van der Waals surface area contributed by atoms with Crippen molar-refractivity contribution in [3.8, 4) is 17.3 Å². The zero-order valence-corrected chi connectivity index (χ0v) is 15.2. The molecule has 2 unspecified atom stereocenters. The Balaban J connectivity index is 2.07. The summed E-state index contributed by atoms with van der Waals surface area (Å²) in [6.07, 6.45) is 5.12. The summed E-state index contributed by atoms with van der Waals surface area (Å²) in [5, 5.41) is 10.7. The Hall–Kier alpha value is -2.87. The number of hydrogen-bond donors (Lipinski definition) is 3. The first-order valence-corrected chi connectivity index (χ1v) is 9.12. The molecule has 1 heterocycles. The molecule has 4 N–H and O–H groups in total. The van der Waals surface area contributed by atoms with Crippen LogP contribution in [0.5, 0.6) is 11.6 Å². The van der Waals surface area contributed by atoms with Gasteiger partial charge in [0.25, 0.3) is 5.56 Å². The van der Waals surface area contributed by atoms with E-state index in [4.69, 9.17) is 10.5 Å². The quantitative estimate of drug-likeness (QED) is 0.683. The second-order valence-corrected chi connectivity index (χ2v) is 6.53. The molecule has 0 aliphatic heterocycles. The van der Waals surface area contributed by atoms with Gasteiger partial charge < -0.3 is 15.6 Å². The maximum absolute atomic E-state index is 12.4. The number of benzene rings is 1. The Kier molecular flexibility index (Phi) is 5.75. The topological polar surface area (TPSA) is 123 Å². The third-order valence-electron chi connectivity index (χ3n) is 4.70. The zero-order chi connectivity index (χ0) is 19.4. The molecule has 1 aromatic carbocycles. The van der Waals surface area contributed by atoms with Crippen molar-refractivity contribution in [2.24, 2.45) is 10.7 Å². The van der Waals surface area contributed by atoms with Crippen LogP contribution in [0.1, 0.15) is 38.2 Å². The van der Waals surface area contributed by atoms with Gasteiger partial charge in [-0.25, -0.2) is 9.36 Å². The molecule has 8 nitrogen and oxygen atoms in total. The summed E-state index contributed by atoms with van der Waals surface area (Å²) in [4.78, 5) is 31.2. The van der Waals surface area contributed by atoms with Crippen LogP contribution in [0.25, 0.3) is 5.69 Å². The van der Waals surface area contributed by atoms with E-state index in [1.807, 2.05) is 6.92 Å². The maximum Gasteiger partial charge on any atom is 0.335 e. The first-order chi connectivity index (χ1) is 13.0. The van der Waals surface area contributed by atoms with Crippen molar-refractivity contribution in [1.82, 2.24) is 9.55 Å². The molecular formula is C19H24N4O4. The highest BCUT2D eigenvalue weighted by molar-refractivity contribution is 5.82. The van der Waals surface area contributed by atoms with E-state index in [0.717, 1.165) is 30.3 Å². The summed E-state index contributed by atoms with van der Waals surface area (Å²) in [6.45, 7) is 2.21. The number of nitrogens with zero attached hydrogens (tertiary/aromatic N) is 2. The normalized spacial score (nSPS) is 20.1. The molecule has 1 aliphatic carbocycles. The zero-order valence-electron chi connectivity index (χ0n) is 15.2. The minimum atomic E-state index is -0.754. The minimum Gasteiger partial charge on any atom is -0.493 e. The molecule has 0 amide bonds. The van der Waals surface area contributed by atoms with Gasteiger partial charge in [-0.05, 0) is 31.9 Å². The Bertz CT molecular complexity index is 947. The third-order valence-corrected chi connectivity index (χ3v) is 4.70. The molecule has 1 saturated carbocycles. The van der Waals surface area contributed by atoms with Gasteiger partial charge in [0.2, 0.25) is 5.88 Å². The Morgan fingerprint density at radius 1 is 1.33 bits per heavy atom. The average molecular weight is 372 g/mol. The van der Waals surface area contributed by atoms with Crippen molar-refractivity contribution < 1.29 is 9.84 Å². The molecular weight excluding hydrogens is 348 g/mol. The third kappa shape index (κ3) is 3.95. The van der Waals surface area contributed by atoms with E-state index in [2.05, 4.69) is 9.98 Å². The van der Waals surface area contributed by atoms with Crippen molar-refractivity contribution in [3.05, 3.63) is 50.7 Å². The molecule has 1 fully saturated rings. The van der Waals surface area contributed by atoms with Crippen molar-refractivity contribution in [1.29, 1.82) is 0 Å². The first kappa shape index (κ1) is 18.9. The predicted molar refractivity (Wildman–Crippen MR) is 103 cm³/mol. The molecule has 2 atom stereocenters. The van der Waals surface area contributed by atoms with Crippen LogP contribution < -0.4 is 21.7 Å². The maximum atomic E-state index is 12.4. The molecule has 0 radical (unpaired) electrons. The number of ether oxygens (including phenoxy) is 1. The van der Waals surface area contributed by atoms with Crippen LogP contribution in [0, 0.1) is 0 Å². The summed E-state index contributed by atoms with van der Waals surface area (Å²) in [6, 6.07) is 6.61. The largest absolute Gasteiger partial charge is 0.493 e. The summed E-state index contributed by atoms with van der Waals surface area (Å²) in [5.74, 6) is -0.0642. The number of aliphatic imine (C=N–C) groups is 1. The fraction of sp³-hybridized carbons (Fsp3) is 0.421. The lowest BCUT2D eigenvalue weighted by Crippen LogP contribution is -2.36. The number of H-pyrrole nitrogens is 1. The molecule has 1 aromatic heterocycles. The Morgan fingerprint density at radius 3 is 2.81 bits per heavy atom. The summed E-state index contributed by atoms with van der Waals surface area (Å²) < 4.78 is 6.54. The number of hydrogen-bond acceptors (Lipinski definition) is 6. The van der Waals surface area contributed by atoms with Crippen LogP contribution >= 0.6 is 0 Å². The van der Waals surface area contributed by atoms with Gasteiger partial charge in [0.1, 0.15) is 11.3 Å². The van der Waals surface area contributed by atoms with Gasteiger partial charge in [0.05, 0.1) is 18.3 Å². The van der Waals surface area contributed by atoms with Crippen molar-refractivity contribution in [2.45, 2.75) is 44.7 Å². The lowest BCUT2D eigenvalue weighted by molar-refractivity contribution is 0.336. The van der Waals surface area contributed by atoms with E-state index in [1.165, 1.54) is 6.21 Å². The number of aromatic amines is 1. The number of para-hydroxylation sites is 2. The minimum absolute atomic E-state index is 0.0687. The Labute approximate surface area is 156 Å². The van der Waals surface area contributed by atoms with Gasteiger partial charge >= 0.3 is 5.69 Å². The molecule has 3 rings (SSSR count). The van der Waals surface area contributed by atoms with Crippen molar-refractivity contribution in [3.63, 3.8) is 0 Å². The van der Waals surface area contributed by atoms with E-state index < -0.39 is 17.1 Å². The molecule has 1 aliphatic rings. The predicted octanol–water partition coefficient (Wildman–Crippen LogP) is 1.32. The fourth-order valence-electron chi connectivity index (χ4n) is 3.29. The lowest BCUT2D eigenvalue weighted by atomic mass is 9.91. The van der Waals surface area contributed by atoms with Crippen LogP contribution in [0.3, 0.4) is 0 Å². The van der Waals surface area contributed by atoms with Crippen molar-refractivity contribution >= 4 is 6.21 Å². The highest BCUT2D eigenvalue weighted by Crippen LogP contribution is 2.25. The van der Waals surface area contributed by atoms with Crippen LogP contribution in [-0.2, 0) is 0 Å². The van der Waals surface area contributed by atoms with E-state index in [9.17, 15) is 14.7 Å². The molecule has 8 heteroatoms. The Morgan fingerprint density at radius 2 is 2.07 bits per heavy atom. The summed E-state index contributed by atoms with van der Waals surface area (Å²) in [5.41, 5.74) is 4.88. The molecule has 0 saturated heterocycles. The van der Waals surface area contributed by atoms with E-state index in [-0.39, 0.29) is 17.6 Å². The molecule has 144 valence electrons. The second-order valence-electron chi connectivity index (χ2n) is 6.53. The van der Waals surface area contributed by atoms with Crippen LogP contribution in [0.15, 0.2) is 38.8 Å². The van der Waals surface area contributed by atoms with Crippen LogP contribution in [-0.4, -0.2) is 39.6 Å². The molecule has 0 spiro atoms. The van der Waals surface area contributed by atoms with Crippen molar-refractivity contribution in [2.75, 3.05) is 6.61 Å². The number of rotatable bonds is 5. The highest BCUT2D eigenvalue weighted by Gasteiger charge is 2.21. The van der Waals surface area contributed by atoms with Gasteiger partial charge in [-0.2, -0.15) is 0 Å². The average Bonchev–Trinajstić information content (AvgIpc) is 2.64. The number of aromatic hydroxyl groups is 1. The highest BCUT2D eigenvalue weighted by atomic mass is 16.5. The van der Waals surface area contributed by atoms with Gasteiger partial charge in [-0.3, -0.25) is 14.8 Å². The second kappa shape index (κ2) is 8.22. The smallest absolute Gasteiger partial charge is 0.335 e. The monoisotopic (exact) mass is 372 g/mol. The summed E-state index contributed by atoms with van der Waals surface area (Å²) >= 11 is 0. The standard InChI is InChI=1S/C19H24N4O4/c1-2-27-16-10-6-5-9-15(16)23-18(25)12(17(24)22-19(23)26)11-21-14-8-4-3-7-13(14)20/h5-6,9-11,13-14,25H,2-4,7-8,20H2,1H3,(H,22,24,26). The molecule has 2 aromatic rings.